The minimum absolute atomic E-state index is 0. The Morgan fingerprint density at radius 2 is 1.36 bits per heavy atom. The van der Waals surface area contributed by atoms with E-state index in [4.69, 9.17) is 23.2 Å². The second-order valence-corrected chi connectivity index (χ2v) is 2.65. The van der Waals surface area contributed by atoms with Gasteiger partial charge in [-0.2, -0.15) is 12.5 Å². The fourth-order valence-electron chi connectivity index (χ4n) is 0.611. The summed E-state index contributed by atoms with van der Waals surface area (Å²) in [4.78, 5) is 0. The summed E-state index contributed by atoms with van der Waals surface area (Å²) in [6.45, 7) is 3.67. The molecule has 56 valence electrons. The monoisotopic (exact) mass is 258 g/mol. The molecule has 0 aliphatic rings. The summed E-state index contributed by atoms with van der Waals surface area (Å²) in [6, 6.07) is 5.19. The largest absolute Gasteiger partial charge is 2.00 e. The second-order valence-electron chi connectivity index (χ2n) is 1.78. The topological polar surface area (TPSA) is 0 Å². The molecule has 0 aliphatic heterocycles. The number of halogens is 3. The van der Waals surface area contributed by atoms with Gasteiger partial charge >= 0.3 is 19.5 Å². The molecule has 1 aromatic carbocycles. The molecule has 0 amide bonds. The molecule has 0 radical (unpaired) electrons. The van der Waals surface area contributed by atoms with E-state index < -0.39 is 0 Å². The van der Waals surface area contributed by atoms with Crippen LogP contribution in [0.25, 0.3) is 0 Å². The maximum Gasteiger partial charge on any atom is 2.00 e. The van der Waals surface area contributed by atoms with Gasteiger partial charge in [0.1, 0.15) is 0 Å². The van der Waals surface area contributed by atoms with Crippen LogP contribution in [0.4, 0.5) is 0 Å². The SMILES string of the molecule is [CH2-]c1cc(Cl)cc(Cl)c1.[Cl-].[Zn+2]. The summed E-state index contributed by atoms with van der Waals surface area (Å²) in [7, 11) is 0. The molecule has 0 heterocycles. The Labute approximate surface area is 95.4 Å². The van der Waals surface area contributed by atoms with E-state index in [9.17, 15) is 0 Å². The summed E-state index contributed by atoms with van der Waals surface area (Å²) < 4.78 is 0. The van der Waals surface area contributed by atoms with Crippen molar-refractivity contribution in [3.63, 3.8) is 0 Å². The van der Waals surface area contributed by atoms with E-state index in [2.05, 4.69) is 6.92 Å². The molecule has 0 unspecified atom stereocenters. The van der Waals surface area contributed by atoms with E-state index >= 15 is 0 Å². The summed E-state index contributed by atoms with van der Waals surface area (Å²) >= 11 is 11.3. The fourth-order valence-corrected chi connectivity index (χ4v) is 1.18. The van der Waals surface area contributed by atoms with Crippen molar-refractivity contribution < 1.29 is 31.9 Å². The third-order valence-electron chi connectivity index (χ3n) is 0.922. The van der Waals surface area contributed by atoms with Crippen LogP contribution in [0.5, 0.6) is 0 Å². The first kappa shape index (κ1) is 14.1. The van der Waals surface area contributed by atoms with Crippen molar-refractivity contribution >= 4 is 23.2 Å². The van der Waals surface area contributed by atoms with Gasteiger partial charge in [-0.1, -0.05) is 23.2 Å². The quantitative estimate of drug-likeness (QED) is 0.461. The van der Waals surface area contributed by atoms with Gasteiger partial charge in [0.2, 0.25) is 0 Å². The molecule has 0 bridgehead atoms. The van der Waals surface area contributed by atoms with Gasteiger partial charge in [-0.3, -0.25) is 0 Å². The third-order valence-corrected chi connectivity index (χ3v) is 1.36. The van der Waals surface area contributed by atoms with Crippen molar-refractivity contribution in [3.05, 3.63) is 40.7 Å². The Morgan fingerprint density at radius 1 is 1.00 bits per heavy atom. The van der Waals surface area contributed by atoms with Crippen LogP contribution in [0.2, 0.25) is 10.0 Å². The Hall–Kier alpha value is 0.583. The molecule has 0 aromatic heterocycles. The molecule has 4 heteroatoms. The van der Waals surface area contributed by atoms with Gasteiger partial charge in [0.25, 0.3) is 0 Å². The van der Waals surface area contributed by atoms with Crippen LogP contribution in [0.1, 0.15) is 5.56 Å². The Kier molecular flexibility index (Phi) is 7.88. The van der Waals surface area contributed by atoms with Crippen LogP contribution in [-0.4, -0.2) is 0 Å². The number of hydrogen-bond acceptors (Lipinski definition) is 0. The van der Waals surface area contributed by atoms with Crippen molar-refractivity contribution in [1.82, 2.24) is 0 Å². The van der Waals surface area contributed by atoms with Gasteiger partial charge in [0, 0.05) is 0 Å². The smallest absolute Gasteiger partial charge is 1.00 e. The molecular weight excluding hydrogens is 256 g/mol. The van der Waals surface area contributed by atoms with Crippen molar-refractivity contribution in [3.8, 4) is 0 Å². The molecule has 0 aliphatic carbocycles. The normalized spacial score (nSPS) is 7.82. The number of benzene rings is 1. The first-order valence-corrected chi connectivity index (χ1v) is 3.22. The first-order valence-electron chi connectivity index (χ1n) is 2.46. The van der Waals surface area contributed by atoms with Gasteiger partial charge in [0.15, 0.2) is 0 Å². The zero-order valence-corrected chi connectivity index (χ0v) is 11.0. The summed E-state index contributed by atoms with van der Waals surface area (Å²) in [6.07, 6.45) is 0. The average molecular weight is 261 g/mol. The van der Waals surface area contributed by atoms with E-state index in [1.165, 1.54) is 0 Å². The van der Waals surface area contributed by atoms with Gasteiger partial charge in [0.05, 0.1) is 0 Å². The van der Waals surface area contributed by atoms with Crippen LogP contribution < -0.4 is 12.4 Å². The molecule has 0 saturated carbocycles. The Bertz CT molecular complexity index is 174. The van der Waals surface area contributed by atoms with Crippen LogP contribution >= 0.6 is 23.2 Å². The van der Waals surface area contributed by atoms with Crippen LogP contribution in [0.3, 0.4) is 0 Å². The molecule has 0 fully saturated rings. The molecule has 0 saturated heterocycles. The van der Waals surface area contributed by atoms with Gasteiger partial charge in [-0.25, -0.2) is 0 Å². The predicted octanol–water partition coefficient (Wildman–Crippen LogP) is 0.177. The standard InChI is InChI=1S/C7H5Cl2.ClH.Zn/c1-5-2-6(8)4-7(9)3-5;;/h2-4H,1H2;1H;/q-1;;+2/p-1. The molecule has 1 aromatic rings. The Morgan fingerprint density at radius 3 is 1.64 bits per heavy atom. The molecule has 1 rings (SSSR count). The molecule has 0 nitrogen and oxygen atoms in total. The number of hydrogen-bond donors (Lipinski definition) is 0. The maximum atomic E-state index is 5.63. The van der Waals surface area contributed by atoms with Crippen LogP contribution in [-0.2, 0) is 19.5 Å². The fraction of sp³-hybridized carbons (Fsp3) is 0. The van der Waals surface area contributed by atoms with Gasteiger partial charge in [-0.05, 0) is 16.1 Å². The minimum atomic E-state index is 0. The average Bonchev–Trinajstić information content (AvgIpc) is 1.59. The van der Waals surface area contributed by atoms with Gasteiger partial charge in [-0.15, -0.1) is 12.1 Å². The van der Waals surface area contributed by atoms with E-state index in [0.29, 0.717) is 10.0 Å². The van der Waals surface area contributed by atoms with Crippen molar-refractivity contribution in [2.24, 2.45) is 0 Å². The zero-order valence-electron chi connectivity index (χ0n) is 5.78. The summed E-state index contributed by atoms with van der Waals surface area (Å²) in [5, 5.41) is 1.26. The van der Waals surface area contributed by atoms with E-state index in [1.54, 1.807) is 18.2 Å². The Balaban J connectivity index is 0. The van der Waals surface area contributed by atoms with E-state index in [-0.39, 0.29) is 31.9 Å². The van der Waals surface area contributed by atoms with Crippen molar-refractivity contribution in [2.45, 2.75) is 0 Å². The first-order chi connectivity index (χ1) is 4.18. The molecule has 11 heavy (non-hydrogen) atoms. The predicted molar refractivity (Wildman–Crippen MR) is 40.9 cm³/mol. The molecule has 0 atom stereocenters. The van der Waals surface area contributed by atoms with Crippen LogP contribution in [0.15, 0.2) is 18.2 Å². The summed E-state index contributed by atoms with van der Waals surface area (Å²) in [5.41, 5.74) is 0.840. The third kappa shape index (κ3) is 4.92. The second kappa shape index (κ2) is 6.14. The molecule has 0 N–H and O–H groups in total. The van der Waals surface area contributed by atoms with Crippen LogP contribution in [0, 0.1) is 6.92 Å². The minimum Gasteiger partial charge on any atom is -1.00 e. The van der Waals surface area contributed by atoms with E-state index in [0.717, 1.165) is 5.56 Å². The van der Waals surface area contributed by atoms with Crippen molar-refractivity contribution in [1.29, 1.82) is 0 Å². The van der Waals surface area contributed by atoms with Crippen molar-refractivity contribution in [2.75, 3.05) is 0 Å². The van der Waals surface area contributed by atoms with Gasteiger partial charge < -0.3 is 12.4 Å². The molecule has 0 spiro atoms. The number of rotatable bonds is 0. The molecular formula is C7H5Cl3Zn. The van der Waals surface area contributed by atoms with E-state index in [1.807, 2.05) is 0 Å². The summed E-state index contributed by atoms with van der Waals surface area (Å²) in [5.74, 6) is 0. The maximum absolute atomic E-state index is 5.63. The zero-order chi connectivity index (χ0) is 6.85.